The summed E-state index contributed by atoms with van der Waals surface area (Å²) in [6, 6.07) is 9.72. The van der Waals surface area contributed by atoms with Crippen LogP contribution in [0.5, 0.6) is 0 Å². The molecule has 0 aromatic heterocycles. The number of anilines is 2. The van der Waals surface area contributed by atoms with Crippen molar-refractivity contribution in [1.29, 1.82) is 0 Å². The Hall–Kier alpha value is -3.88. The zero-order chi connectivity index (χ0) is 28.8. The monoisotopic (exact) mass is 578 g/mol. The van der Waals surface area contributed by atoms with E-state index in [1.165, 1.54) is 42.5 Å². The molecule has 0 unspecified atom stereocenters. The molecule has 2 atom stereocenters. The third-order valence-electron chi connectivity index (χ3n) is 6.95. The van der Waals surface area contributed by atoms with Crippen molar-refractivity contribution in [3.63, 3.8) is 0 Å². The molecule has 10 nitrogen and oxygen atoms in total. The average molecular weight is 578 g/mol. The van der Waals surface area contributed by atoms with Gasteiger partial charge in [0.1, 0.15) is 5.54 Å². The van der Waals surface area contributed by atoms with E-state index < -0.39 is 36.8 Å². The highest BCUT2D eigenvalue weighted by Gasteiger charge is 2.47. The topological polar surface area (TPSA) is 156 Å². The lowest BCUT2D eigenvalue weighted by molar-refractivity contribution is -0.109. The SMILES string of the molecule is O=CN(C1=C[C@]23C=C[C@@]1(/C=C\C=C/2)N(C=O)c1cc(ccc1P(=O)(O)O)/C=C/C=C\3)c1ccccc1P(=O)(O)O. The average Bonchev–Trinajstić information content (AvgIpc) is 2.89. The van der Waals surface area contributed by atoms with Gasteiger partial charge in [-0.3, -0.25) is 28.5 Å². The fourth-order valence-corrected chi connectivity index (χ4v) is 6.61. The summed E-state index contributed by atoms with van der Waals surface area (Å²) in [4.78, 5) is 68.5. The van der Waals surface area contributed by atoms with Gasteiger partial charge in [0.05, 0.1) is 27.7 Å². The molecule has 5 aliphatic rings. The van der Waals surface area contributed by atoms with Crippen LogP contribution in [0, 0.1) is 5.41 Å². The molecule has 2 aromatic rings. The van der Waals surface area contributed by atoms with Gasteiger partial charge < -0.3 is 19.6 Å². The van der Waals surface area contributed by atoms with E-state index in [1.807, 2.05) is 12.2 Å². The van der Waals surface area contributed by atoms with E-state index >= 15 is 0 Å². The predicted octanol–water partition coefficient (Wildman–Crippen LogP) is 2.81. The van der Waals surface area contributed by atoms with Gasteiger partial charge in [0.25, 0.3) is 0 Å². The maximum atomic E-state index is 12.9. The largest absolute Gasteiger partial charge is 0.358 e. The highest BCUT2D eigenvalue weighted by molar-refractivity contribution is 7.61. The van der Waals surface area contributed by atoms with E-state index in [-0.39, 0.29) is 17.1 Å². The van der Waals surface area contributed by atoms with Gasteiger partial charge in [-0.15, -0.1) is 0 Å². The van der Waals surface area contributed by atoms with Gasteiger partial charge in [-0.05, 0) is 42.0 Å². The van der Waals surface area contributed by atoms with Gasteiger partial charge in [0.2, 0.25) is 12.8 Å². The summed E-state index contributed by atoms with van der Waals surface area (Å²) < 4.78 is 25.0. The molecular weight excluding hydrogens is 554 g/mol. The predicted molar refractivity (Wildman–Crippen MR) is 152 cm³/mol. The van der Waals surface area contributed by atoms with Crippen LogP contribution in [-0.2, 0) is 18.7 Å². The highest BCUT2D eigenvalue weighted by atomic mass is 31.2. The summed E-state index contributed by atoms with van der Waals surface area (Å²) in [5.41, 5.74) is -2.15. The number of allylic oxidation sites excluding steroid dienone is 8. The second-order valence-electron chi connectivity index (χ2n) is 9.40. The van der Waals surface area contributed by atoms with Crippen molar-refractivity contribution in [2.45, 2.75) is 5.54 Å². The summed E-state index contributed by atoms with van der Waals surface area (Å²) >= 11 is 0. The van der Waals surface area contributed by atoms with Gasteiger partial charge >= 0.3 is 15.2 Å². The van der Waals surface area contributed by atoms with Crippen LogP contribution in [0.2, 0.25) is 0 Å². The number of nitrogens with zero attached hydrogens (tertiary/aromatic N) is 2. The first kappa shape index (κ1) is 27.7. The van der Waals surface area contributed by atoms with Gasteiger partial charge in [-0.25, -0.2) is 0 Å². The Morgan fingerprint density at radius 2 is 1.45 bits per heavy atom. The molecule has 2 aliphatic heterocycles. The molecule has 12 heteroatoms. The molecule has 2 aromatic carbocycles. The first-order valence-electron chi connectivity index (χ1n) is 12.0. The van der Waals surface area contributed by atoms with Crippen molar-refractivity contribution >= 4 is 56.1 Å². The van der Waals surface area contributed by atoms with Crippen molar-refractivity contribution in [1.82, 2.24) is 0 Å². The van der Waals surface area contributed by atoms with E-state index in [2.05, 4.69) is 0 Å². The first-order chi connectivity index (χ1) is 18.9. The molecular formula is C28H24N2O8P2. The van der Waals surface area contributed by atoms with Crippen molar-refractivity contribution < 1.29 is 38.3 Å². The number of carbonyl (C=O) groups excluding carboxylic acids is 2. The minimum Gasteiger partial charge on any atom is -0.321 e. The van der Waals surface area contributed by atoms with Crippen LogP contribution in [0.15, 0.2) is 109 Å². The zero-order valence-electron chi connectivity index (χ0n) is 20.8. The molecule has 0 saturated carbocycles. The molecule has 204 valence electrons. The zero-order valence-corrected chi connectivity index (χ0v) is 22.5. The van der Waals surface area contributed by atoms with Gasteiger partial charge in [0, 0.05) is 5.41 Å². The molecule has 0 spiro atoms. The van der Waals surface area contributed by atoms with Crippen LogP contribution >= 0.6 is 15.2 Å². The van der Waals surface area contributed by atoms with Crippen LogP contribution in [0.4, 0.5) is 11.4 Å². The fourth-order valence-electron chi connectivity index (χ4n) is 5.11. The van der Waals surface area contributed by atoms with E-state index in [0.29, 0.717) is 18.4 Å². The van der Waals surface area contributed by atoms with Crippen LogP contribution < -0.4 is 20.4 Å². The Bertz CT molecular complexity index is 1680. The number of fused-ring (bicyclic) bond motifs is 2. The van der Waals surface area contributed by atoms with Crippen molar-refractivity contribution in [3.05, 3.63) is 114 Å². The number of carbonyl (C=O) groups is 2. The second kappa shape index (κ2) is 9.94. The van der Waals surface area contributed by atoms with Gasteiger partial charge in [-0.1, -0.05) is 72.9 Å². The van der Waals surface area contributed by atoms with Crippen molar-refractivity contribution in [3.8, 4) is 0 Å². The number of hydrogen-bond donors (Lipinski definition) is 4. The lowest BCUT2D eigenvalue weighted by atomic mass is 9.73. The lowest BCUT2D eigenvalue weighted by Crippen LogP contribution is -2.55. The number of benzene rings is 2. The summed E-state index contributed by atoms with van der Waals surface area (Å²) in [5.74, 6) is 0. The quantitative estimate of drug-likeness (QED) is 0.232. The third kappa shape index (κ3) is 4.71. The molecule has 7 rings (SSSR count). The molecule has 40 heavy (non-hydrogen) atoms. The van der Waals surface area contributed by atoms with Crippen LogP contribution in [-0.4, -0.2) is 37.9 Å². The highest BCUT2D eigenvalue weighted by Crippen LogP contribution is 2.48. The Kier molecular flexibility index (Phi) is 6.88. The maximum Gasteiger partial charge on any atom is 0.358 e. The first-order valence-corrected chi connectivity index (χ1v) is 15.2. The molecule has 2 heterocycles. The molecule has 0 fully saturated rings. The Labute approximate surface area is 229 Å². The minimum atomic E-state index is -4.90. The number of rotatable bonds is 6. The number of hydrogen-bond acceptors (Lipinski definition) is 4. The van der Waals surface area contributed by atoms with E-state index in [9.17, 15) is 38.3 Å². The molecule has 4 N–H and O–H groups in total. The molecule has 0 saturated heterocycles. The third-order valence-corrected chi connectivity index (χ3v) is 8.96. The Morgan fingerprint density at radius 1 is 0.775 bits per heavy atom. The van der Waals surface area contributed by atoms with Crippen LogP contribution in [0.25, 0.3) is 6.08 Å². The van der Waals surface area contributed by atoms with Crippen molar-refractivity contribution in [2.24, 2.45) is 5.41 Å². The molecule has 0 radical (unpaired) electrons. The van der Waals surface area contributed by atoms with Crippen LogP contribution in [0.1, 0.15) is 5.56 Å². The minimum absolute atomic E-state index is 0.106. The number of amides is 2. The van der Waals surface area contributed by atoms with E-state index in [4.69, 9.17) is 0 Å². The standard InChI is InChI=1S/C28H24N2O8P2/c31-19-29(22-8-1-2-9-24(22)39(33,34)35)26-18-27-12-4-3-7-21-10-11-25(40(36,37)38)23(17-21)30(20-32)28(26,16-15-27)14-6-5-13-27/h1-20H,(H2,33,34,35)(H2,36,37,38)/b7-3+,12-4-,13-5-,14-6-/t27-,28+/m0/s1. The fraction of sp³-hybridized carbons (Fsp3) is 0.0714. The maximum absolute atomic E-state index is 12.9. The Balaban J connectivity index is 1.90. The van der Waals surface area contributed by atoms with Crippen molar-refractivity contribution in [2.75, 3.05) is 9.80 Å². The summed E-state index contributed by atoms with van der Waals surface area (Å²) in [5, 5.41) is -0.827. The lowest BCUT2D eigenvalue weighted by Gasteiger charge is -2.47. The van der Waals surface area contributed by atoms with Gasteiger partial charge in [0.15, 0.2) is 0 Å². The Morgan fingerprint density at radius 3 is 2.12 bits per heavy atom. The normalized spacial score (nSPS) is 26.4. The molecule has 4 bridgehead atoms. The van der Waals surface area contributed by atoms with E-state index in [0.717, 1.165) is 9.80 Å². The van der Waals surface area contributed by atoms with Crippen LogP contribution in [0.3, 0.4) is 0 Å². The van der Waals surface area contributed by atoms with E-state index in [1.54, 1.807) is 54.7 Å². The summed E-state index contributed by atoms with van der Waals surface area (Å²) in [6.45, 7) is 0. The van der Waals surface area contributed by atoms with Gasteiger partial charge in [-0.2, -0.15) is 0 Å². The summed E-state index contributed by atoms with van der Waals surface area (Å²) in [6.07, 6.45) is 19.7. The second-order valence-corrected chi connectivity index (χ2v) is 12.5. The molecule has 3 aliphatic carbocycles. The summed E-state index contributed by atoms with van der Waals surface area (Å²) in [7, 11) is -9.77. The number of para-hydroxylation sites is 1. The molecule has 2 amide bonds. The smallest absolute Gasteiger partial charge is 0.321 e.